The monoisotopic (exact) mass is 317 g/mol. The predicted octanol–water partition coefficient (Wildman–Crippen LogP) is 4.07. The molecule has 0 radical (unpaired) electrons. The number of thiophene rings is 1. The van der Waals surface area contributed by atoms with Crippen LogP contribution in [-0.4, -0.2) is 23.1 Å². The molecule has 0 unspecified atom stereocenters. The number of carbonyl (C=O) groups is 2. The Hall–Kier alpha value is -2.01. The van der Waals surface area contributed by atoms with Crippen LogP contribution in [0.1, 0.15) is 51.4 Å². The van der Waals surface area contributed by atoms with Crippen LogP contribution in [0.5, 0.6) is 0 Å². The van der Waals surface area contributed by atoms with Crippen LogP contribution in [0.15, 0.2) is 35.7 Å². The molecule has 3 rings (SSSR count). The fourth-order valence-corrected chi connectivity index (χ4v) is 3.75. The molecule has 1 saturated heterocycles. The van der Waals surface area contributed by atoms with Crippen molar-refractivity contribution in [2.75, 3.05) is 6.54 Å². The van der Waals surface area contributed by atoms with Gasteiger partial charge in [-0.3, -0.25) is 9.59 Å². The van der Waals surface area contributed by atoms with Gasteiger partial charge >= 0.3 is 0 Å². The lowest BCUT2D eigenvalue weighted by atomic mass is 10.0. The number of halogens is 1. The molecule has 1 amide bonds. The Bertz CT molecular complexity index is 725. The summed E-state index contributed by atoms with van der Waals surface area (Å²) in [6.07, 6.45) is 1.73. The molecule has 0 N–H and O–H groups in total. The molecule has 3 nitrogen and oxygen atoms in total. The van der Waals surface area contributed by atoms with Crippen molar-refractivity contribution in [1.82, 2.24) is 4.90 Å². The number of nitrogens with zero attached hydrogens (tertiary/aromatic N) is 1. The van der Waals surface area contributed by atoms with E-state index < -0.39 is 0 Å². The average molecular weight is 317 g/mol. The van der Waals surface area contributed by atoms with E-state index in [-0.39, 0.29) is 23.5 Å². The zero-order valence-corrected chi connectivity index (χ0v) is 13.0. The number of benzene rings is 1. The molecule has 2 heterocycles. The summed E-state index contributed by atoms with van der Waals surface area (Å²) in [6, 6.07) is 7.98. The lowest BCUT2D eigenvalue weighted by molar-refractivity contribution is 0.0740. The van der Waals surface area contributed by atoms with E-state index in [0.717, 1.165) is 18.4 Å². The number of carbonyl (C=O) groups excluding carboxylic acids is 2. The van der Waals surface area contributed by atoms with E-state index in [0.29, 0.717) is 17.0 Å². The minimum atomic E-state index is -0.285. The Morgan fingerprint density at radius 1 is 1.32 bits per heavy atom. The molecule has 0 spiro atoms. The summed E-state index contributed by atoms with van der Waals surface area (Å²) in [5.41, 5.74) is 1.39. The van der Waals surface area contributed by atoms with Crippen LogP contribution in [0.4, 0.5) is 4.39 Å². The molecule has 1 fully saturated rings. The van der Waals surface area contributed by atoms with Crippen LogP contribution in [0.25, 0.3) is 0 Å². The van der Waals surface area contributed by atoms with Crippen molar-refractivity contribution in [2.45, 2.75) is 25.8 Å². The maximum Gasteiger partial charge on any atom is 0.264 e. The minimum absolute atomic E-state index is 0.0431. The van der Waals surface area contributed by atoms with Gasteiger partial charge in [0.1, 0.15) is 5.82 Å². The highest BCUT2D eigenvalue weighted by molar-refractivity contribution is 7.12. The highest BCUT2D eigenvalue weighted by Gasteiger charge is 2.31. The first-order chi connectivity index (χ1) is 10.6. The third kappa shape index (κ3) is 2.81. The van der Waals surface area contributed by atoms with Gasteiger partial charge in [0, 0.05) is 17.5 Å². The van der Waals surface area contributed by atoms with Crippen molar-refractivity contribution in [3.05, 3.63) is 57.5 Å². The van der Waals surface area contributed by atoms with Crippen molar-refractivity contribution in [2.24, 2.45) is 0 Å². The van der Waals surface area contributed by atoms with Crippen molar-refractivity contribution >= 4 is 23.0 Å². The molecular weight excluding hydrogens is 301 g/mol. The molecule has 1 atom stereocenters. The summed E-state index contributed by atoms with van der Waals surface area (Å²) in [4.78, 5) is 26.4. The van der Waals surface area contributed by atoms with E-state index >= 15 is 0 Å². The molecule has 5 heteroatoms. The van der Waals surface area contributed by atoms with Gasteiger partial charge in [0.05, 0.1) is 10.9 Å². The number of rotatable bonds is 3. The molecule has 1 aromatic carbocycles. The Morgan fingerprint density at radius 3 is 2.82 bits per heavy atom. The zero-order chi connectivity index (χ0) is 15.7. The van der Waals surface area contributed by atoms with Crippen LogP contribution in [-0.2, 0) is 0 Å². The van der Waals surface area contributed by atoms with Crippen LogP contribution >= 0.6 is 11.3 Å². The zero-order valence-electron chi connectivity index (χ0n) is 12.2. The summed E-state index contributed by atoms with van der Waals surface area (Å²) in [7, 11) is 0. The van der Waals surface area contributed by atoms with E-state index in [2.05, 4.69) is 0 Å². The number of ketones is 1. The van der Waals surface area contributed by atoms with E-state index in [4.69, 9.17) is 0 Å². The third-order valence-electron chi connectivity index (χ3n) is 3.96. The number of Topliss-reactive ketones (excluding diaryl/α,β-unsaturated/α-hetero) is 1. The number of amides is 1. The summed E-state index contributed by atoms with van der Waals surface area (Å²) in [5, 5.41) is 1.71. The van der Waals surface area contributed by atoms with Gasteiger partial charge in [-0.2, -0.15) is 0 Å². The molecule has 0 aliphatic carbocycles. The van der Waals surface area contributed by atoms with Crippen molar-refractivity contribution < 1.29 is 14.0 Å². The average Bonchev–Trinajstić information content (AvgIpc) is 3.16. The quantitative estimate of drug-likeness (QED) is 0.800. The minimum Gasteiger partial charge on any atom is -0.331 e. The van der Waals surface area contributed by atoms with Gasteiger partial charge < -0.3 is 4.90 Å². The van der Waals surface area contributed by atoms with E-state index in [9.17, 15) is 14.0 Å². The van der Waals surface area contributed by atoms with E-state index in [1.54, 1.807) is 22.4 Å². The van der Waals surface area contributed by atoms with Crippen LogP contribution in [0, 0.1) is 5.82 Å². The van der Waals surface area contributed by atoms with Crippen LogP contribution in [0.3, 0.4) is 0 Å². The topological polar surface area (TPSA) is 37.4 Å². The van der Waals surface area contributed by atoms with Gasteiger partial charge in [-0.15, -0.1) is 11.3 Å². The molecule has 22 heavy (non-hydrogen) atoms. The largest absolute Gasteiger partial charge is 0.331 e. The molecule has 1 aliphatic rings. The summed E-state index contributed by atoms with van der Waals surface area (Å²) < 4.78 is 13.4. The Balaban J connectivity index is 1.86. The maximum absolute atomic E-state index is 13.4. The SMILES string of the molecule is CC(=O)c1csc(C(=O)N2CCC[C@H]2c2cccc(F)c2)c1. The van der Waals surface area contributed by atoms with Gasteiger partial charge in [-0.25, -0.2) is 4.39 Å². The lowest BCUT2D eigenvalue weighted by Gasteiger charge is -2.24. The van der Waals surface area contributed by atoms with Gasteiger partial charge in [-0.05, 0) is 43.5 Å². The highest BCUT2D eigenvalue weighted by atomic mass is 32.1. The molecule has 0 saturated carbocycles. The third-order valence-corrected chi connectivity index (χ3v) is 4.88. The van der Waals surface area contributed by atoms with Gasteiger partial charge in [0.15, 0.2) is 5.78 Å². The summed E-state index contributed by atoms with van der Waals surface area (Å²) in [5.74, 6) is -0.408. The first kappa shape index (κ1) is 14.9. The smallest absolute Gasteiger partial charge is 0.264 e. The first-order valence-corrected chi connectivity index (χ1v) is 8.10. The second kappa shape index (κ2) is 6.01. The van der Waals surface area contributed by atoms with Crippen molar-refractivity contribution in [1.29, 1.82) is 0 Å². The maximum atomic E-state index is 13.4. The second-order valence-corrected chi connectivity index (χ2v) is 6.38. The molecule has 0 bridgehead atoms. The summed E-state index contributed by atoms with van der Waals surface area (Å²) in [6.45, 7) is 2.15. The fourth-order valence-electron chi connectivity index (χ4n) is 2.84. The Labute approximate surface area is 132 Å². The normalized spacial score (nSPS) is 17.7. The van der Waals surface area contributed by atoms with Gasteiger partial charge in [0.25, 0.3) is 5.91 Å². The Kier molecular flexibility index (Phi) is 4.07. The number of hydrogen-bond donors (Lipinski definition) is 0. The Morgan fingerprint density at radius 2 is 2.14 bits per heavy atom. The second-order valence-electron chi connectivity index (χ2n) is 5.47. The van der Waals surface area contributed by atoms with Crippen molar-refractivity contribution in [3.8, 4) is 0 Å². The standard InChI is InChI=1S/C17H16FNO2S/c1-11(20)13-9-16(22-10-13)17(21)19-7-3-6-15(19)12-4-2-5-14(18)8-12/h2,4-5,8-10,15H,3,6-7H2,1H3/t15-/m0/s1. The predicted molar refractivity (Wildman–Crippen MR) is 83.7 cm³/mol. The van der Waals surface area contributed by atoms with Gasteiger partial charge in [-0.1, -0.05) is 12.1 Å². The summed E-state index contributed by atoms with van der Waals surface area (Å²) >= 11 is 1.29. The van der Waals surface area contributed by atoms with Crippen molar-refractivity contribution in [3.63, 3.8) is 0 Å². The molecule has 114 valence electrons. The number of likely N-dealkylation sites (tertiary alicyclic amines) is 1. The first-order valence-electron chi connectivity index (χ1n) is 7.22. The fraction of sp³-hybridized carbons (Fsp3) is 0.294. The molecular formula is C17H16FNO2S. The molecule has 1 aromatic heterocycles. The lowest BCUT2D eigenvalue weighted by Crippen LogP contribution is -2.30. The van der Waals surface area contributed by atoms with E-state index in [1.807, 2.05) is 6.07 Å². The van der Waals surface area contributed by atoms with Gasteiger partial charge in [0.2, 0.25) is 0 Å². The van der Waals surface area contributed by atoms with E-state index in [1.165, 1.54) is 30.4 Å². The molecule has 2 aromatic rings. The van der Waals surface area contributed by atoms with Crippen LogP contribution in [0.2, 0.25) is 0 Å². The highest BCUT2D eigenvalue weighted by Crippen LogP contribution is 2.34. The van der Waals surface area contributed by atoms with Crippen LogP contribution < -0.4 is 0 Å². The molecule has 1 aliphatic heterocycles. The number of hydrogen-bond acceptors (Lipinski definition) is 3.